The second-order valence-corrected chi connectivity index (χ2v) is 5.22. The van der Waals surface area contributed by atoms with Crippen molar-refractivity contribution in [1.82, 2.24) is 4.98 Å². The Labute approximate surface area is 140 Å². The quantitative estimate of drug-likeness (QED) is 0.607. The number of halogens is 4. The minimum absolute atomic E-state index is 0.0207. The van der Waals surface area contributed by atoms with Crippen molar-refractivity contribution < 1.29 is 22.7 Å². The molecule has 0 aliphatic rings. The monoisotopic (exact) mass is 354 g/mol. The normalized spacial score (nSPS) is 12.3. The number of benzene rings is 1. The van der Waals surface area contributed by atoms with Crippen LogP contribution in [-0.4, -0.2) is 11.0 Å². The summed E-state index contributed by atoms with van der Waals surface area (Å²) in [6, 6.07) is 8.67. The Hall–Kier alpha value is -2.59. The zero-order valence-corrected chi connectivity index (χ0v) is 13.0. The molecule has 0 N–H and O–H groups in total. The summed E-state index contributed by atoms with van der Waals surface area (Å²) in [5, 5.41) is 9.10. The van der Waals surface area contributed by atoms with Gasteiger partial charge in [-0.2, -0.15) is 18.4 Å². The number of carbonyl (C=O) groups excluding carboxylic acids is 1. The Balaban J connectivity index is 2.35. The molecule has 0 aliphatic heterocycles. The second kappa shape index (κ2) is 6.89. The predicted molar refractivity (Wildman–Crippen MR) is 79.5 cm³/mol. The molecule has 0 radical (unpaired) electrons. The number of alkyl halides is 3. The first-order valence-electron chi connectivity index (χ1n) is 6.63. The van der Waals surface area contributed by atoms with Crippen molar-refractivity contribution in [2.75, 3.05) is 0 Å². The molecule has 2 rings (SSSR count). The summed E-state index contributed by atoms with van der Waals surface area (Å²) in [4.78, 5) is 14.6. The molecule has 1 aromatic heterocycles. The molecule has 8 heteroatoms. The second-order valence-electron chi connectivity index (χ2n) is 4.81. The maximum atomic E-state index is 12.6. The highest BCUT2D eigenvalue weighted by Crippen LogP contribution is 2.34. The van der Waals surface area contributed by atoms with E-state index >= 15 is 0 Å². The number of esters is 1. The van der Waals surface area contributed by atoms with Crippen molar-refractivity contribution in [2.24, 2.45) is 0 Å². The van der Waals surface area contributed by atoms with Crippen molar-refractivity contribution in [3.63, 3.8) is 0 Å². The molecule has 0 unspecified atom stereocenters. The molecule has 0 saturated carbocycles. The summed E-state index contributed by atoms with van der Waals surface area (Å²) in [6.45, 7) is 1.25. The van der Waals surface area contributed by atoms with E-state index in [1.807, 2.05) is 6.07 Å². The molecule has 1 heterocycles. The summed E-state index contributed by atoms with van der Waals surface area (Å²) in [6.07, 6.45) is -3.93. The number of aromatic nitrogens is 1. The SMILES string of the molecule is CC(=O)Oc1ccc([C@@H](C#N)c2ncc(C(F)(F)F)cc2Cl)cc1. The van der Waals surface area contributed by atoms with E-state index < -0.39 is 23.6 Å². The molecule has 0 spiro atoms. The van der Waals surface area contributed by atoms with Crippen molar-refractivity contribution in [3.05, 3.63) is 58.4 Å². The standard InChI is InChI=1S/C16H10ClF3N2O2/c1-9(23)24-12-4-2-10(3-5-12)13(7-21)15-14(17)6-11(8-22-15)16(18,19)20/h2-6,8,13H,1H3/t13-/m1/s1. The van der Waals surface area contributed by atoms with Crippen LogP contribution < -0.4 is 4.74 Å². The maximum absolute atomic E-state index is 12.6. The Morgan fingerprint density at radius 1 is 1.33 bits per heavy atom. The van der Waals surface area contributed by atoms with Gasteiger partial charge < -0.3 is 4.74 Å². The van der Waals surface area contributed by atoms with Gasteiger partial charge in [0.2, 0.25) is 0 Å². The number of hydrogen-bond acceptors (Lipinski definition) is 4. The number of hydrogen-bond donors (Lipinski definition) is 0. The van der Waals surface area contributed by atoms with Gasteiger partial charge in [0.25, 0.3) is 0 Å². The van der Waals surface area contributed by atoms with Gasteiger partial charge >= 0.3 is 12.1 Å². The van der Waals surface area contributed by atoms with E-state index in [-0.39, 0.29) is 16.5 Å². The largest absolute Gasteiger partial charge is 0.427 e. The molecule has 0 aliphatic carbocycles. The fourth-order valence-electron chi connectivity index (χ4n) is 2.00. The van der Waals surface area contributed by atoms with Crippen LogP contribution in [0.2, 0.25) is 5.02 Å². The number of ether oxygens (including phenoxy) is 1. The number of rotatable bonds is 3. The van der Waals surface area contributed by atoms with E-state index in [2.05, 4.69) is 4.98 Å². The Bertz CT molecular complexity index is 798. The van der Waals surface area contributed by atoms with Gasteiger partial charge in [0.05, 0.1) is 22.3 Å². The van der Waals surface area contributed by atoms with Crippen LogP contribution in [-0.2, 0) is 11.0 Å². The highest BCUT2D eigenvalue weighted by atomic mass is 35.5. The Morgan fingerprint density at radius 3 is 2.42 bits per heavy atom. The van der Waals surface area contributed by atoms with Gasteiger partial charge in [-0.25, -0.2) is 0 Å². The summed E-state index contributed by atoms with van der Waals surface area (Å²) in [5.41, 5.74) is -0.506. The lowest BCUT2D eigenvalue weighted by molar-refractivity contribution is -0.138. The number of nitriles is 1. The zero-order valence-electron chi connectivity index (χ0n) is 12.3. The first-order chi connectivity index (χ1) is 11.2. The van der Waals surface area contributed by atoms with Crippen LogP contribution in [0.4, 0.5) is 13.2 Å². The predicted octanol–water partition coefficient (Wildman–Crippen LogP) is 4.33. The zero-order chi connectivity index (χ0) is 17.9. The average Bonchev–Trinajstić information content (AvgIpc) is 2.49. The van der Waals surface area contributed by atoms with Gasteiger partial charge in [0.15, 0.2) is 0 Å². The van der Waals surface area contributed by atoms with Crippen molar-refractivity contribution >= 4 is 17.6 Å². The average molecular weight is 355 g/mol. The molecule has 0 amide bonds. The highest BCUT2D eigenvalue weighted by molar-refractivity contribution is 6.31. The van der Waals surface area contributed by atoms with E-state index in [0.29, 0.717) is 11.8 Å². The number of nitrogens with zero attached hydrogens (tertiary/aromatic N) is 2. The molecule has 124 valence electrons. The first-order valence-corrected chi connectivity index (χ1v) is 7.01. The van der Waals surface area contributed by atoms with Crippen LogP contribution in [0.1, 0.15) is 29.7 Å². The van der Waals surface area contributed by atoms with Gasteiger partial charge in [-0.15, -0.1) is 0 Å². The van der Waals surface area contributed by atoms with Gasteiger partial charge in [-0.1, -0.05) is 23.7 Å². The molecule has 4 nitrogen and oxygen atoms in total. The van der Waals surface area contributed by atoms with Gasteiger partial charge in [0.1, 0.15) is 11.7 Å². The number of pyridine rings is 1. The van der Waals surface area contributed by atoms with E-state index in [9.17, 15) is 23.2 Å². The molecule has 0 saturated heterocycles. The third kappa shape index (κ3) is 4.03. The van der Waals surface area contributed by atoms with Crippen LogP contribution in [0, 0.1) is 11.3 Å². The molecular weight excluding hydrogens is 345 g/mol. The van der Waals surface area contributed by atoms with Crippen molar-refractivity contribution in [3.8, 4) is 11.8 Å². The van der Waals surface area contributed by atoms with E-state index in [4.69, 9.17) is 16.3 Å². The maximum Gasteiger partial charge on any atom is 0.417 e. The van der Waals surface area contributed by atoms with E-state index in [1.165, 1.54) is 31.2 Å². The topological polar surface area (TPSA) is 63.0 Å². The third-order valence-corrected chi connectivity index (χ3v) is 3.38. The fourth-order valence-corrected chi connectivity index (χ4v) is 2.28. The lowest BCUT2D eigenvalue weighted by atomic mass is 9.96. The minimum atomic E-state index is -4.57. The third-order valence-electron chi connectivity index (χ3n) is 3.07. The highest BCUT2D eigenvalue weighted by Gasteiger charge is 2.32. The molecule has 2 aromatic rings. The summed E-state index contributed by atoms with van der Waals surface area (Å²) < 4.78 is 42.8. The lowest BCUT2D eigenvalue weighted by Crippen LogP contribution is -2.09. The van der Waals surface area contributed by atoms with Crippen LogP contribution in [0.3, 0.4) is 0 Å². The molecule has 0 bridgehead atoms. The van der Waals surface area contributed by atoms with Crippen LogP contribution in [0.5, 0.6) is 5.75 Å². The smallest absolute Gasteiger partial charge is 0.417 e. The van der Waals surface area contributed by atoms with E-state index in [0.717, 1.165) is 6.07 Å². The minimum Gasteiger partial charge on any atom is -0.427 e. The van der Waals surface area contributed by atoms with Gasteiger partial charge in [-0.3, -0.25) is 9.78 Å². The van der Waals surface area contributed by atoms with Crippen LogP contribution in [0.15, 0.2) is 36.5 Å². The molecule has 1 atom stereocenters. The van der Waals surface area contributed by atoms with Crippen molar-refractivity contribution in [1.29, 1.82) is 5.26 Å². The van der Waals surface area contributed by atoms with Gasteiger partial charge in [0, 0.05) is 13.1 Å². The van der Waals surface area contributed by atoms with Crippen LogP contribution >= 0.6 is 11.6 Å². The summed E-state index contributed by atoms with van der Waals surface area (Å²) >= 11 is 5.88. The Kier molecular flexibility index (Phi) is 5.10. The summed E-state index contributed by atoms with van der Waals surface area (Å²) in [5.74, 6) is -1.16. The van der Waals surface area contributed by atoms with E-state index in [1.54, 1.807) is 0 Å². The fraction of sp³-hybridized carbons (Fsp3) is 0.188. The molecular formula is C16H10ClF3N2O2. The van der Waals surface area contributed by atoms with Crippen molar-refractivity contribution in [2.45, 2.75) is 19.0 Å². The first kappa shape index (κ1) is 17.8. The summed E-state index contributed by atoms with van der Waals surface area (Å²) in [7, 11) is 0. The lowest BCUT2D eigenvalue weighted by Gasteiger charge is -2.13. The molecule has 0 fully saturated rings. The Morgan fingerprint density at radius 2 is 1.96 bits per heavy atom. The molecule has 24 heavy (non-hydrogen) atoms. The van der Waals surface area contributed by atoms with Gasteiger partial charge in [-0.05, 0) is 23.8 Å². The number of carbonyl (C=O) groups is 1. The van der Waals surface area contributed by atoms with Crippen LogP contribution in [0.25, 0.3) is 0 Å². The molecule has 1 aromatic carbocycles.